The van der Waals surface area contributed by atoms with Crippen molar-refractivity contribution in [2.24, 2.45) is 5.92 Å². The van der Waals surface area contributed by atoms with Gasteiger partial charge >= 0.3 is 0 Å². The van der Waals surface area contributed by atoms with Crippen LogP contribution in [-0.4, -0.2) is 22.7 Å². The van der Waals surface area contributed by atoms with Crippen molar-refractivity contribution in [3.05, 3.63) is 120 Å². The Labute approximate surface area is 168 Å². The first-order valence-corrected chi connectivity index (χ1v) is 9.89. The molecule has 0 radical (unpaired) electrons. The molecule has 2 heteroatoms. The molecule has 0 saturated carbocycles. The zero-order chi connectivity index (χ0) is 19.6. The normalized spacial score (nSPS) is 13.2. The zero-order valence-electron chi connectivity index (χ0n) is 16.3. The van der Waals surface area contributed by atoms with Gasteiger partial charge in [0.25, 0.3) is 0 Å². The SMILES string of the molecule is C=C[C@H](CO)[C@H](Cc1ccccc1)N(Cc1ccccc1)Cc1ccccc1. The molecule has 0 heterocycles. The number of benzene rings is 3. The summed E-state index contributed by atoms with van der Waals surface area (Å²) in [4.78, 5) is 2.47. The molecule has 0 bridgehead atoms. The molecule has 3 aromatic rings. The van der Waals surface area contributed by atoms with E-state index >= 15 is 0 Å². The van der Waals surface area contributed by atoms with Gasteiger partial charge < -0.3 is 5.11 Å². The molecule has 2 atom stereocenters. The van der Waals surface area contributed by atoms with Crippen LogP contribution in [0.1, 0.15) is 16.7 Å². The molecule has 0 spiro atoms. The van der Waals surface area contributed by atoms with Crippen LogP contribution in [-0.2, 0) is 19.5 Å². The topological polar surface area (TPSA) is 23.5 Å². The third-order valence-electron chi connectivity index (χ3n) is 5.22. The van der Waals surface area contributed by atoms with Gasteiger partial charge in [0, 0.05) is 25.0 Å². The Bertz CT molecular complexity index is 775. The lowest BCUT2D eigenvalue weighted by atomic mass is 9.91. The molecule has 0 aliphatic carbocycles. The molecule has 0 unspecified atom stereocenters. The molecular formula is C26H29NO. The molecule has 0 aliphatic rings. The van der Waals surface area contributed by atoms with Crippen molar-refractivity contribution in [3.8, 4) is 0 Å². The van der Waals surface area contributed by atoms with Crippen LogP contribution in [0, 0.1) is 5.92 Å². The van der Waals surface area contributed by atoms with E-state index < -0.39 is 0 Å². The second-order valence-electron chi connectivity index (χ2n) is 7.22. The van der Waals surface area contributed by atoms with Crippen LogP contribution >= 0.6 is 0 Å². The fourth-order valence-electron chi connectivity index (χ4n) is 3.69. The highest BCUT2D eigenvalue weighted by atomic mass is 16.3. The number of aliphatic hydroxyl groups is 1. The van der Waals surface area contributed by atoms with E-state index in [1.807, 2.05) is 24.3 Å². The van der Waals surface area contributed by atoms with Gasteiger partial charge in [0.1, 0.15) is 0 Å². The Balaban J connectivity index is 1.92. The minimum atomic E-state index is 0.00707. The monoisotopic (exact) mass is 371 g/mol. The van der Waals surface area contributed by atoms with E-state index in [2.05, 4.69) is 84.3 Å². The third kappa shape index (κ3) is 5.66. The summed E-state index contributed by atoms with van der Waals surface area (Å²) in [6, 6.07) is 31.8. The predicted molar refractivity (Wildman–Crippen MR) is 117 cm³/mol. The van der Waals surface area contributed by atoms with Crippen molar-refractivity contribution < 1.29 is 5.11 Å². The maximum atomic E-state index is 10.1. The fraction of sp³-hybridized carbons (Fsp3) is 0.231. The minimum absolute atomic E-state index is 0.00707. The van der Waals surface area contributed by atoms with Crippen molar-refractivity contribution in [2.75, 3.05) is 6.61 Å². The summed E-state index contributed by atoms with van der Waals surface area (Å²) in [6.07, 6.45) is 2.77. The number of rotatable bonds is 10. The maximum absolute atomic E-state index is 10.1. The molecule has 28 heavy (non-hydrogen) atoms. The molecule has 0 saturated heterocycles. The summed E-state index contributed by atoms with van der Waals surface area (Å²) in [5, 5.41) is 10.1. The summed E-state index contributed by atoms with van der Waals surface area (Å²) >= 11 is 0. The first-order valence-electron chi connectivity index (χ1n) is 9.89. The van der Waals surface area contributed by atoms with Crippen molar-refractivity contribution in [3.63, 3.8) is 0 Å². The Morgan fingerprint density at radius 1 is 0.714 bits per heavy atom. The number of aliphatic hydroxyl groups excluding tert-OH is 1. The first kappa shape index (κ1) is 20.1. The van der Waals surface area contributed by atoms with E-state index in [-0.39, 0.29) is 18.6 Å². The summed E-state index contributed by atoms with van der Waals surface area (Å²) in [7, 11) is 0. The standard InChI is InChI=1S/C26H29NO/c1-2-25(21-28)26(18-22-12-6-3-7-13-22)27(19-23-14-8-4-9-15-23)20-24-16-10-5-11-17-24/h2-17,25-26,28H,1,18-21H2/t25-,26+/m1/s1. The summed E-state index contributed by atoms with van der Waals surface area (Å²) < 4.78 is 0. The van der Waals surface area contributed by atoms with Crippen LogP contribution in [0.25, 0.3) is 0 Å². The van der Waals surface area contributed by atoms with E-state index in [1.54, 1.807) is 0 Å². The lowest BCUT2D eigenvalue weighted by molar-refractivity contribution is 0.106. The quantitative estimate of drug-likeness (QED) is 0.502. The molecule has 0 aliphatic heterocycles. The van der Waals surface area contributed by atoms with Crippen LogP contribution < -0.4 is 0 Å². The van der Waals surface area contributed by atoms with Crippen molar-refractivity contribution in [1.82, 2.24) is 4.90 Å². The van der Waals surface area contributed by atoms with E-state index in [1.165, 1.54) is 16.7 Å². The van der Waals surface area contributed by atoms with Crippen LogP contribution in [0.2, 0.25) is 0 Å². The van der Waals surface area contributed by atoms with Crippen molar-refractivity contribution in [1.29, 1.82) is 0 Å². The first-order chi connectivity index (χ1) is 13.8. The fourth-order valence-corrected chi connectivity index (χ4v) is 3.69. The lowest BCUT2D eigenvalue weighted by Crippen LogP contribution is -2.42. The van der Waals surface area contributed by atoms with E-state index in [0.29, 0.717) is 0 Å². The molecule has 1 N–H and O–H groups in total. The van der Waals surface area contributed by atoms with Crippen LogP contribution in [0.15, 0.2) is 104 Å². The van der Waals surface area contributed by atoms with Gasteiger partial charge in [-0.25, -0.2) is 0 Å². The molecule has 3 aromatic carbocycles. The Morgan fingerprint density at radius 3 is 1.54 bits per heavy atom. The van der Waals surface area contributed by atoms with Crippen LogP contribution in [0.5, 0.6) is 0 Å². The molecule has 0 fully saturated rings. The van der Waals surface area contributed by atoms with Gasteiger partial charge in [-0.15, -0.1) is 6.58 Å². The summed E-state index contributed by atoms with van der Waals surface area (Å²) in [5.41, 5.74) is 3.83. The van der Waals surface area contributed by atoms with Crippen molar-refractivity contribution >= 4 is 0 Å². The van der Waals surface area contributed by atoms with Crippen LogP contribution in [0.4, 0.5) is 0 Å². The van der Waals surface area contributed by atoms with Gasteiger partial charge in [0.15, 0.2) is 0 Å². The minimum Gasteiger partial charge on any atom is -0.396 e. The number of hydrogen-bond donors (Lipinski definition) is 1. The second kappa shape index (κ2) is 10.6. The van der Waals surface area contributed by atoms with E-state index in [4.69, 9.17) is 0 Å². The second-order valence-corrected chi connectivity index (χ2v) is 7.22. The summed E-state index contributed by atoms with van der Waals surface area (Å²) in [5.74, 6) is 0.00707. The molecule has 0 aromatic heterocycles. The van der Waals surface area contributed by atoms with Gasteiger partial charge in [-0.05, 0) is 23.1 Å². The van der Waals surface area contributed by atoms with Gasteiger partial charge in [0.2, 0.25) is 0 Å². The van der Waals surface area contributed by atoms with Crippen molar-refractivity contribution in [2.45, 2.75) is 25.6 Å². The van der Waals surface area contributed by atoms with Crippen LogP contribution in [0.3, 0.4) is 0 Å². The average molecular weight is 372 g/mol. The van der Waals surface area contributed by atoms with Gasteiger partial charge in [-0.2, -0.15) is 0 Å². The summed E-state index contributed by atoms with van der Waals surface area (Å²) in [6.45, 7) is 5.76. The smallest absolute Gasteiger partial charge is 0.0508 e. The van der Waals surface area contributed by atoms with E-state index in [0.717, 1.165) is 19.5 Å². The average Bonchev–Trinajstić information content (AvgIpc) is 2.76. The number of nitrogens with zero attached hydrogens (tertiary/aromatic N) is 1. The Morgan fingerprint density at radius 2 is 1.14 bits per heavy atom. The molecule has 2 nitrogen and oxygen atoms in total. The highest BCUT2D eigenvalue weighted by molar-refractivity contribution is 5.20. The Hall–Kier alpha value is -2.68. The molecular weight excluding hydrogens is 342 g/mol. The largest absolute Gasteiger partial charge is 0.396 e. The molecule has 0 amide bonds. The Kier molecular flexibility index (Phi) is 7.60. The highest BCUT2D eigenvalue weighted by Gasteiger charge is 2.26. The van der Waals surface area contributed by atoms with Gasteiger partial charge in [-0.1, -0.05) is 97.1 Å². The zero-order valence-corrected chi connectivity index (χ0v) is 16.3. The number of hydrogen-bond acceptors (Lipinski definition) is 2. The predicted octanol–water partition coefficient (Wildman–Crippen LogP) is 5.09. The lowest BCUT2D eigenvalue weighted by Gasteiger charge is -2.36. The van der Waals surface area contributed by atoms with Gasteiger partial charge in [-0.3, -0.25) is 4.90 Å². The third-order valence-corrected chi connectivity index (χ3v) is 5.22. The highest BCUT2D eigenvalue weighted by Crippen LogP contribution is 2.23. The van der Waals surface area contributed by atoms with E-state index in [9.17, 15) is 5.11 Å². The molecule has 144 valence electrons. The molecule has 3 rings (SSSR count). The maximum Gasteiger partial charge on any atom is 0.0508 e. The van der Waals surface area contributed by atoms with Gasteiger partial charge in [0.05, 0.1) is 6.61 Å².